The number of nitrogens with zero attached hydrogens (tertiary/aromatic N) is 2. The Morgan fingerprint density at radius 1 is 0.840 bits per heavy atom. The van der Waals surface area contributed by atoms with Gasteiger partial charge >= 0.3 is 0 Å². The average molecular weight is 345 g/mol. The van der Waals surface area contributed by atoms with Crippen LogP contribution in [0, 0.1) is 20.8 Å². The molecule has 4 heteroatoms. The molecule has 1 N–H and O–H groups in total. The van der Waals surface area contributed by atoms with Gasteiger partial charge in [0.2, 0.25) is 0 Å². The maximum atomic E-state index is 4.52. The molecule has 4 aromatic rings. The Hall–Kier alpha value is -2.72. The lowest BCUT2D eigenvalue weighted by molar-refractivity contribution is 1.23. The normalized spacial score (nSPS) is 11.0. The average Bonchev–Trinajstić information content (AvgIpc) is 3.00. The van der Waals surface area contributed by atoms with E-state index in [9.17, 15) is 0 Å². The third kappa shape index (κ3) is 3.13. The maximum Gasteiger partial charge on any atom is 0.143 e. The summed E-state index contributed by atoms with van der Waals surface area (Å²) < 4.78 is 0. The molecule has 3 nitrogen and oxygen atoms in total. The van der Waals surface area contributed by atoms with Crippen LogP contribution >= 0.6 is 11.3 Å². The minimum absolute atomic E-state index is 0.854. The van der Waals surface area contributed by atoms with Gasteiger partial charge in [0.15, 0.2) is 0 Å². The zero-order valence-electron chi connectivity index (χ0n) is 14.5. The molecule has 0 fully saturated rings. The van der Waals surface area contributed by atoms with Crippen LogP contribution in [0.15, 0.2) is 54.2 Å². The summed E-state index contributed by atoms with van der Waals surface area (Å²) >= 11 is 1.65. The van der Waals surface area contributed by atoms with Crippen molar-refractivity contribution in [2.45, 2.75) is 20.8 Å². The van der Waals surface area contributed by atoms with Crippen molar-refractivity contribution in [2.24, 2.45) is 0 Å². The van der Waals surface area contributed by atoms with Gasteiger partial charge in [0.1, 0.15) is 17.0 Å². The number of anilines is 2. The molecule has 4 rings (SSSR count). The van der Waals surface area contributed by atoms with Crippen LogP contribution in [0.25, 0.3) is 21.3 Å². The second kappa shape index (κ2) is 6.30. The van der Waals surface area contributed by atoms with Gasteiger partial charge in [-0.05, 0) is 49.6 Å². The summed E-state index contributed by atoms with van der Waals surface area (Å²) in [7, 11) is 0. The van der Waals surface area contributed by atoms with Gasteiger partial charge < -0.3 is 5.32 Å². The Morgan fingerprint density at radius 2 is 1.56 bits per heavy atom. The molecule has 0 aliphatic carbocycles. The van der Waals surface area contributed by atoms with Crippen LogP contribution in [-0.2, 0) is 0 Å². The first-order valence-electron chi connectivity index (χ1n) is 8.25. The highest BCUT2D eigenvalue weighted by Crippen LogP contribution is 2.37. The van der Waals surface area contributed by atoms with Crippen LogP contribution in [0.2, 0.25) is 0 Å². The number of nitrogens with one attached hydrogen (secondary N) is 1. The van der Waals surface area contributed by atoms with Crippen LogP contribution in [-0.4, -0.2) is 9.97 Å². The van der Waals surface area contributed by atoms with Crippen molar-refractivity contribution in [3.8, 4) is 11.1 Å². The largest absolute Gasteiger partial charge is 0.340 e. The molecule has 0 atom stereocenters. The van der Waals surface area contributed by atoms with E-state index in [0.29, 0.717) is 0 Å². The summed E-state index contributed by atoms with van der Waals surface area (Å²) in [6.45, 7) is 6.32. The minimum Gasteiger partial charge on any atom is -0.340 e. The summed E-state index contributed by atoms with van der Waals surface area (Å²) in [4.78, 5) is 9.97. The third-order valence-electron chi connectivity index (χ3n) is 4.22. The highest BCUT2D eigenvalue weighted by molar-refractivity contribution is 7.17. The topological polar surface area (TPSA) is 37.8 Å². The third-order valence-corrected chi connectivity index (χ3v) is 5.10. The van der Waals surface area contributed by atoms with Gasteiger partial charge in [-0.2, -0.15) is 0 Å². The maximum absolute atomic E-state index is 4.52. The molecular formula is C21H19N3S. The van der Waals surface area contributed by atoms with Gasteiger partial charge in [0.25, 0.3) is 0 Å². The Morgan fingerprint density at radius 3 is 2.28 bits per heavy atom. The van der Waals surface area contributed by atoms with E-state index >= 15 is 0 Å². The number of benzene rings is 2. The molecule has 2 aromatic carbocycles. The van der Waals surface area contributed by atoms with E-state index in [4.69, 9.17) is 0 Å². The Labute approximate surface area is 151 Å². The molecule has 0 aliphatic heterocycles. The van der Waals surface area contributed by atoms with E-state index in [1.165, 1.54) is 27.8 Å². The van der Waals surface area contributed by atoms with Crippen molar-refractivity contribution in [3.05, 3.63) is 70.9 Å². The molecule has 2 heterocycles. The second-order valence-electron chi connectivity index (χ2n) is 6.42. The Bertz CT molecular complexity index is 1030. The summed E-state index contributed by atoms with van der Waals surface area (Å²) in [5.74, 6) is 0.854. The molecule has 0 radical (unpaired) electrons. The van der Waals surface area contributed by atoms with Crippen LogP contribution in [0.3, 0.4) is 0 Å². The van der Waals surface area contributed by atoms with Gasteiger partial charge in [-0.15, -0.1) is 11.3 Å². The smallest absolute Gasteiger partial charge is 0.143 e. The van der Waals surface area contributed by atoms with Crippen LogP contribution in [0.5, 0.6) is 0 Å². The van der Waals surface area contributed by atoms with Gasteiger partial charge in [0, 0.05) is 16.6 Å². The highest BCUT2D eigenvalue weighted by Gasteiger charge is 2.13. The summed E-state index contributed by atoms with van der Waals surface area (Å²) in [5, 5.41) is 6.73. The summed E-state index contributed by atoms with van der Waals surface area (Å²) in [6.07, 6.45) is 1.63. The van der Waals surface area contributed by atoms with Crippen molar-refractivity contribution in [3.63, 3.8) is 0 Å². The predicted molar refractivity (Wildman–Crippen MR) is 107 cm³/mol. The van der Waals surface area contributed by atoms with Crippen molar-refractivity contribution >= 4 is 33.1 Å². The lowest BCUT2D eigenvalue weighted by Crippen LogP contribution is -1.96. The summed E-state index contributed by atoms with van der Waals surface area (Å²) in [6, 6.07) is 15.0. The summed E-state index contributed by atoms with van der Waals surface area (Å²) in [5.41, 5.74) is 7.14. The molecule has 0 unspecified atom stereocenters. The van der Waals surface area contributed by atoms with E-state index in [0.717, 1.165) is 21.7 Å². The van der Waals surface area contributed by atoms with E-state index in [-0.39, 0.29) is 0 Å². The number of hydrogen-bond acceptors (Lipinski definition) is 4. The van der Waals surface area contributed by atoms with Gasteiger partial charge in [-0.3, -0.25) is 0 Å². The lowest BCUT2D eigenvalue weighted by Gasteiger charge is -2.10. The first kappa shape index (κ1) is 15.8. The fourth-order valence-electron chi connectivity index (χ4n) is 3.10. The highest BCUT2D eigenvalue weighted by atomic mass is 32.1. The molecule has 0 saturated heterocycles. The number of rotatable bonds is 3. The molecule has 0 aliphatic rings. The molecule has 0 bridgehead atoms. The van der Waals surface area contributed by atoms with Crippen molar-refractivity contribution in [1.82, 2.24) is 9.97 Å². The molecule has 124 valence electrons. The molecule has 0 saturated carbocycles. The fraction of sp³-hybridized carbons (Fsp3) is 0.143. The lowest BCUT2D eigenvalue weighted by atomic mass is 10.0. The number of thiophene rings is 1. The predicted octanol–water partition coefficient (Wildman–Crippen LogP) is 6.03. The molecule has 0 spiro atoms. The zero-order chi connectivity index (χ0) is 17.4. The van der Waals surface area contributed by atoms with Crippen LogP contribution in [0.4, 0.5) is 11.5 Å². The van der Waals surface area contributed by atoms with Crippen LogP contribution < -0.4 is 5.32 Å². The van der Waals surface area contributed by atoms with Crippen molar-refractivity contribution < 1.29 is 0 Å². The van der Waals surface area contributed by atoms with E-state index in [1.54, 1.807) is 17.7 Å². The monoisotopic (exact) mass is 345 g/mol. The van der Waals surface area contributed by atoms with Gasteiger partial charge in [-0.25, -0.2) is 9.97 Å². The Kier molecular flexibility index (Phi) is 3.98. The first-order valence-corrected chi connectivity index (χ1v) is 9.13. The second-order valence-corrected chi connectivity index (χ2v) is 7.28. The molecule has 0 amide bonds. The molecular weight excluding hydrogens is 326 g/mol. The molecule has 2 aromatic heterocycles. The van der Waals surface area contributed by atoms with E-state index in [2.05, 4.69) is 83.9 Å². The van der Waals surface area contributed by atoms with Crippen molar-refractivity contribution in [1.29, 1.82) is 0 Å². The molecule has 25 heavy (non-hydrogen) atoms. The number of fused-ring (bicyclic) bond motifs is 1. The van der Waals surface area contributed by atoms with E-state index < -0.39 is 0 Å². The van der Waals surface area contributed by atoms with Gasteiger partial charge in [-0.1, -0.05) is 35.9 Å². The number of aromatic nitrogens is 2. The van der Waals surface area contributed by atoms with Crippen LogP contribution in [0.1, 0.15) is 16.7 Å². The number of hydrogen-bond donors (Lipinski definition) is 1. The standard InChI is InChI=1S/C21H19N3S/c1-13-4-6-16(7-5-13)18-11-25-21-19(18)20(22-12-23-21)24-17-9-14(2)8-15(3)10-17/h4-12H,1-3H3,(H,22,23,24). The minimum atomic E-state index is 0.854. The number of aryl methyl sites for hydroxylation is 3. The zero-order valence-corrected chi connectivity index (χ0v) is 15.3. The SMILES string of the molecule is Cc1ccc(-c2csc3ncnc(Nc4cc(C)cc(C)c4)c23)cc1. The van der Waals surface area contributed by atoms with Gasteiger partial charge in [0.05, 0.1) is 5.39 Å². The van der Waals surface area contributed by atoms with E-state index in [1.807, 2.05) is 0 Å². The fourth-order valence-corrected chi connectivity index (χ4v) is 4.01. The quantitative estimate of drug-likeness (QED) is 0.493. The van der Waals surface area contributed by atoms with Crippen molar-refractivity contribution in [2.75, 3.05) is 5.32 Å². The first-order chi connectivity index (χ1) is 12.1. The Balaban J connectivity index is 1.84.